The Morgan fingerprint density at radius 1 is 1.50 bits per heavy atom. The van der Waals surface area contributed by atoms with Gasteiger partial charge < -0.3 is 5.73 Å². The fourth-order valence-electron chi connectivity index (χ4n) is 1.47. The Morgan fingerprint density at radius 3 is 2.86 bits per heavy atom. The van der Waals surface area contributed by atoms with Crippen LogP contribution >= 0.6 is 15.9 Å². The lowest BCUT2D eigenvalue weighted by atomic mass is 9.98. The van der Waals surface area contributed by atoms with E-state index in [1.165, 1.54) is 6.07 Å². The van der Waals surface area contributed by atoms with Crippen LogP contribution < -0.4 is 5.73 Å². The highest BCUT2D eigenvalue weighted by Gasteiger charge is 2.08. The van der Waals surface area contributed by atoms with Crippen molar-refractivity contribution in [1.29, 1.82) is 0 Å². The van der Waals surface area contributed by atoms with E-state index in [1.54, 1.807) is 6.07 Å². The van der Waals surface area contributed by atoms with E-state index in [-0.39, 0.29) is 5.82 Å². The van der Waals surface area contributed by atoms with Gasteiger partial charge in [-0.15, -0.1) is 0 Å². The normalized spacial score (nSPS) is 12.9. The van der Waals surface area contributed by atoms with Crippen molar-refractivity contribution in [2.24, 2.45) is 11.7 Å². The van der Waals surface area contributed by atoms with Crippen molar-refractivity contribution < 1.29 is 4.39 Å². The first-order valence-electron chi connectivity index (χ1n) is 4.78. The minimum absolute atomic E-state index is 0.192. The van der Waals surface area contributed by atoms with E-state index in [1.807, 2.05) is 6.07 Å². The summed E-state index contributed by atoms with van der Waals surface area (Å²) < 4.78 is 13.7. The summed E-state index contributed by atoms with van der Waals surface area (Å²) in [6.07, 6.45) is 1.85. The first-order valence-corrected chi connectivity index (χ1v) is 5.57. The van der Waals surface area contributed by atoms with E-state index >= 15 is 0 Å². The zero-order valence-electron chi connectivity index (χ0n) is 8.26. The molecular formula is C11H15BrFN. The standard InChI is InChI=1S/C11H15BrFN/c1-8(5-6-14)7-9-3-2-4-10(13)11(9)12/h2-4,8H,5-7,14H2,1H3. The van der Waals surface area contributed by atoms with Crippen LogP contribution in [0.15, 0.2) is 22.7 Å². The average molecular weight is 260 g/mol. The van der Waals surface area contributed by atoms with Crippen LogP contribution in [0.5, 0.6) is 0 Å². The minimum atomic E-state index is -0.192. The molecule has 1 unspecified atom stereocenters. The number of halogens is 2. The summed E-state index contributed by atoms with van der Waals surface area (Å²) in [7, 11) is 0. The molecule has 78 valence electrons. The van der Waals surface area contributed by atoms with Crippen LogP contribution in [0.25, 0.3) is 0 Å². The van der Waals surface area contributed by atoms with Gasteiger partial charge in [0.1, 0.15) is 5.82 Å². The van der Waals surface area contributed by atoms with Crippen LogP contribution in [0, 0.1) is 11.7 Å². The molecule has 0 saturated carbocycles. The highest BCUT2D eigenvalue weighted by Crippen LogP contribution is 2.23. The van der Waals surface area contributed by atoms with Gasteiger partial charge in [-0.25, -0.2) is 4.39 Å². The molecule has 0 fully saturated rings. The van der Waals surface area contributed by atoms with Crippen molar-refractivity contribution in [2.75, 3.05) is 6.54 Å². The molecular weight excluding hydrogens is 245 g/mol. The van der Waals surface area contributed by atoms with E-state index in [2.05, 4.69) is 22.9 Å². The number of benzene rings is 1. The van der Waals surface area contributed by atoms with Crippen LogP contribution in [0.2, 0.25) is 0 Å². The molecule has 0 aliphatic heterocycles. The van der Waals surface area contributed by atoms with Gasteiger partial charge in [-0.2, -0.15) is 0 Å². The second kappa shape index (κ2) is 5.47. The minimum Gasteiger partial charge on any atom is -0.330 e. The molecule has 1 nitrogen and oxygen atoms in total. The zero-order chi connectivity index (χ0) is 10.6. The predicted octanol–water partition coefficient (Wildman–Crippen LogP) is 3.12. The Morgan fingerprint density at radius 2 is 2.21 bits per heavy atom. The molecule has 1 atom stereocenters. The van der Waals surface area contributed by atoms with Gasteiger partial charge in [0, 0.05) is 0 Å². The Balaban J connectivity index is 2.71. The molecule has 1 aromatic carbocycles. The van der Waals surface area contributed by atoms with Crippen molar-refractivity contribution in [2.45, 2.75) is 19.8 Å². The average Bonchev–Trinajstić information content (AvgIpc) is 2.13. The second-order valence-electron chi connectivity index (χ2n) is 3.60. The van der Waals surface area contributed by atoms with Gasteiger partial charge >= 0.3 is 0 Å². The van der Waals surface area contributed by atoms with Gasteiger partial charge in [0.15, 0.2) is 0 Å². The van der Waals surface area contributed by atoms with Crippen molar-refractivity contribution in [3.63, 3.8) is 0 Å². The smallest absolute Gasteiger partial charge is 0.137 e. The maximum absolute atomic E-state index is 13.1. The van der Waals surface area contributed by atoms with Gasteiger partial charge in [0.25, 0.3) is 0 Å². The van der Waals surface area contributed by atoms with E-state index in [0.717, 1.165) is 18.4 Å². The first kappa shape index (κ1) is 11.7. The quantitative estimate of drug-likeness (QED) is 0.884. The Kier molecular flexibility index (Phi) is 4.55. The molecule has 3 heteroatoms. The molecule has 0 saturated heterocycles. The van der Waals surface area contributed by atoms with Gasteiger partial charge in [-0.05, 0) is 52.9 Å². The van der Waals surface area contributed by atoms with Crippen molar-refractivity contribution in [3.05, 3.63) is 34.1 Å². The molecule has 0 radical (unpaired) electrons. The number of hydrogen-bond acceptors (Lipinski definition) is 1. The van der Waals surface area contributed by atoms with Crippen LogP contribution in [-0.4, -0.2) is 6.54 Å². The topological polar surface area (TPSA) is 26.0 Å². The highest BCUT2D eigenvalue weighted by atomic mass is 79.9. The van der Waals surface area contributed by atoms with Crippen molar-refractivity contribution in [1.82, 2.24) is 0 Å². The third kappa shape index (κ3) is 3.07. The summed E-state index contributed by atoms with van der Waals surface area (Å²) in [5.74, 6) is 0.306. The van der Waals surface area contributed by atoms with Gasteiger partial charge in [0.2, 0.25) is 0 Å². The molecule has 0 bridgehead atoms. The first-order chi connectivity index (χ1) is 6.65. The SMILES string of the molecule is CC(CCN)Cc1cccc(F)c1Br. The van der Waals surface area contributed by atoms with Crippen LogP contribution in [0.1, 0.15) is 18.9 Å². The molecule has 2 N–H and O–H groups in total. The molecule has 0 aromatic heterocycles. The third-order valence-electron chi connectivity index (χ3n) is 2.26. The van der Waals surface area contributed by atoms with Gasteiger partial charge in [-0.1, -0.05) is 19.1 Å². The van der Waals surface area contributed by atoms with Gasteiger partial charge in [-0.3, -0.25) is 0 Å². The van der Waals surface area contributed by atoms with Gasteiger partial charge in [0.05, 0.1) is 4.47 Å². The van der Waals surface area contributed by atoms with E-state index < -0.39 is 0 Å². The molecule has 0 aliphatic carbocycles. The number of nitrogens with two attached hydrogens (primary N) is 1. The number of hydrogen-bond donors (Lipinski definition) is 1. The Hall–Kier alpha value is -0.410. The summed E-state index contributed by atoms with van der Waals surface area (Å²) in [5.41, 5.74) is 6.48. The molecule has 0 heterocycles. The van der Waals surface area contributed by atoms with Crippen LogP contribution in [0.3, 0.4) is 0 Å². The molecule has 0 spiro atoms. The zero-order valence-corrected chi connectivity index (χ0v) is 9.85. The van der Waals surface area contributed by atoms with Crippen LogP contribution in [-0.2, 0) is 6.42 Å². The molecule has 1 rings (SSSR count). The Labute approximate surface area is 92.6 Å². The third-order valence-corrected chi connectivity index (χ3v) is 3.15. The summed E-state index contributed by atoms with van der Waals surface area (Å²) in [6.45, 7) is 2.82. The van der Waals surface area contributed by atoms with Crippen molar-refractivity contribution in [3.8, 4) is 0 Å². The lowest BCUT2D eigenvalue weighted by Gasteiger charge is -2.11. The molecule has 0 amide bonds. The molecule has 0 aliphatic rings. The maximum atomic E-state index is 13.1. The molecule has 1 aromatic rings. The highest BCUT2D eigenvalue weighted by molar-refractivity contribution is 9.10. The summed E-state index contributed by atoms with van der Waals surface area (Å²) in [4.78, 5) is 0. The monoisotopic (exact) mass is 259 g/mol. The summed E-state index contributed by atoms with van der Waals surface area (Å²) in [6, 6.07) is 5.14. The van der Waals surface area contributed by atoms with Crippen molar-refractivity contribution >= 4 is 15.9 Å². The lowest BCUT2D eigenvalue weighted by Crippen LogP contribution is -2.08. The summed E-state index contributed by atoms with van der Waals surface area (Å²) >= 11 is 3.25. The Bertz CT molecular complexity index is 301. The fourth-order valence-corrected chi connectivity index (χ4v) is 1.89. The lowest BCUT2D eigenvalue weighted by molar-refractivity contribution is 0.533. The van der Waals surface area contributed by atoms with Crippen LogP contribution in [0.4, 0.5) is 4.39 Å². The van der Waals surface area contributed by atoms with E-state index in [9.17, 15) is 4.39 Å². The molecule has 14 heavy (non-hydrogen) atoms. The second-order valence-corrected chi connectivity index (χ2v) is 4.39. The fraction of sp³-hybridized carbons (Fsp3) is 0.455. The largest absolute Gasteiger partial charge is 0.330 e. The summed E-state index contributed by atoms with van der Waals surface area (Å²) in [5, 5.41) is 0. The number of rotatable bonds is 4. The van der Waals surface area contributed by atoms with E-state index in [4.69, 9.17) is 5.73 Å². The van der Waals surface area contributed by atoms with E-state index in [0.29, 0.717) is 16.9 Å². The maximum Gasteiger partial charge on any atom is 0.137 e. The predicted molar refractivity (Wildman–Crippen MR) is 60.6 cm³/mol.